The Morgan fingerprint density at radius 3 is 2.19 bits per heavy atom. The van der Waals surface area contributed by atoms with Gasteiger partial charge in [0.05, 0.1) is 12.0 Å². The summed E-state index contributed by atoms with van der Waals surface area (Å²) in [5.74, 6) is -1.04. The Morgan fingerprint density at radius 2 is 1.56 bits per heavy atom. The minimum Gasteiger partial charge on any atom is -0.444 e. The predicted molar refractivity (Wildman–Crippen MR) is 230 cm³/mol. The van der Waals surface area contributed by atoms with Crippen LogP contribution >= 0.6 is 0 Å². The third-order valence-corrected chi connectivity index (χ3v) is 11.4. The van der Waals surface area contributed by atoms with Crippen LogP contribution in [0.25, 0.3) is 0 Å². The summed E-state index contributed by atoms with van der Waals surface area (Å²) in [7, 11) is 0. The van der Waals surface area contributed by atoms with Gasteiger partial charge >= 0.3 is 6.09 Å². The standard InChI is InChI=1S/C47H69N5O7/c1-30(2)26-38(49-46(58)59-47(7,8)9)18-17-37(27-34-14-11-10-12-15-34)45(57)52-22-13-16-40(52)44(56)50-39(43(55)48-31(3)4)28-35-19-23-51(24-20-35)25-21-36-29-41(53)32(5)33(6)42(36)54/h10-12,14-15,17-18,29-31,35,37-40H,13,16,19-28H2,1-9H3,(H,48,55)(H,49,58)(H,50,56)/b18-17+/t37?,38-,39+,40+/m1/s1. The van der Waals surface area contributed by atoms with E-state index in [0.717, 1.165) is 31.5 Å². The molecule has 1 unspecified atom stereocenters. The minimum absolute atomic E-state index is 0.0553. The van der Waals surface area contributed by atoms with Crippen molar-refractivity contribution < 1.29 is 33.5 Å². The average Bonchev–Trinajstić information content (AvgIpc) is 3.66. The Labute approximate surface area is 352 Å². The molecule has 2 aliphatic heterocycles. The van der Waals surface area contributed by atoms with E-state index in [-0.39, 0.29) is 53.2 Å². The van der Waals surface area contributed by atoms with E-state index < -0.39 is 29.7 Å². The second kappa shape index (κ2) is 21.6. The largest absolute Gasteiger partial charge is 0.444 e. The van der Waals surface area contributed by atoms with Gasteiger partial charge in [-0.25, -0.2) is 4.79 Å². The zero-order valence-corrected chi connectivity index (χ0v) is 36.9. The number of alkyl carbamates (subject to hydrolysis) is 1. The highest BCUT2D eigenvalue weighted by molar-refractivity contribution is 6.22. The Morgan fingerprint density at radius 1 is 0.881 bits per heavy atom. The van der Waals surface area contributed by atoms with E-state index in [4.69, 9.17) is 4.74 Å². The topological polar surface area (TPSA) is 154 Å². The molecule has 1 aromatic rings. The van der Waals surface area contributed by atoms with Crippen molar-refractivity contribution in [2.45, 2.75) is 143 Å². The molecule has 3 aliphatic rings. The monoisotopic (exact) mass is 816 g/mol. The van der Waals surface area contributed by atoms with Crippen LogP contribution in [0.4, 0.5) is 4.79 Å². The molecule has 1 aliphatic carbocycles. The van der Waals surface area contributed by atoms with Crippen LogP contribution in [-0.4, -0.2) is 101 Å². The number of ether oxygens (including phenoxy) is 1. The number of nitrogens with one attached hydrogen (secondary N) is 3. The molecule has 0 bridgehead atoms. The van der Waals surface area contributed by atoms with Crippen molar-refractivity contribution >= 4 is 35.4 Å². The summed E-state index contributed by atoms with van der Waals surface area (Å²) >= 11 is 0. The van der Waals surface area contributed by atoms with Crippen LogP contribution in [0.5, 0.6) is 0 Å². The van der Waals surface area contributed by atoms with E-state index in [0.29, 0.717) is 68.3 Å². The number of hydrogen-bond acceptors (Lipinski definition) is 8. The fraction of sp³-hybridized carbons (Fsp3) is 0.617. The molecule has 2 heterocycles. The van der Waals surface area contributed by atoms with E-state index in [1.807, 2.05) is 77.1 Å². The predicted octanol–water partition coefficient (Wildman–Crippen LogP) is 6.25. The number of amides is 4. The zero-order chi connectivity index (χ0) is 43.4. The van der Waals surface area contributed by atoms with Crippen molar-refractivity contribution in [3.8, 4) is 0 Å². The molecule has 324 valence electrons. The van der Waals surface area contributed by atoms with E-state index in [2.05, 4.69) is 34.7 Å². The number of hydrogen-bond donors (Lipinski definition) is 3. The number of ketones is 2. The van der Waals surface area contributed by atoms with Gasteiger partial charge in [-0.2, -0.15) is 0 Å². The highest BCUT2D eigenvalue weighted by atomic mass is 16.6. The van der Waals surface area contributed by atoms with E-state index in [1.54, 1.807) is 18.7 Å². The van der Waals surface area contributed by atoms with E-state index >= 15 is 0 Å². The number of allylic oxidation sites excluding steroid dienone is 3. The second-order valence-corrected chi connectivity index (χ2v) is 18.4. The summed E-state index contributed by atoms with van der Waals surface area (Å²) in [6.07, 6.45) is 9.55. The maximum Gasteiger partial charge on any atom is 0.408 e. The normalized spacial score (nSPS) is 19.9. The maximum atomic E-state index is 14.5. The van der Waals surface area contributed by atoms with Crippen molar-refractivity contribution in [3.05, 3.63) is 70.8 Å². The SMILES string of the molecule is CC1=C(C)C(=O)C(CCN2CCC(C[C@H](NC(=O)[C@@H]3CCCN3C(=O)C(/C=C/[C@H](CC(C)C)NC(=O)OC(C)(C)C)Cc3ccccc3)C(=O)NC(C)C)CC2)=CC1=O. The van der Waals surface area contributed by atoms with Gasteiger partial charge < -0.3 is 30.5 Å². The Bertz CT molecular complexity index is 1750. The molecule has 12 nitrogen and oxygen atoms in total. The molecule has 0 saturated carbocycles. The lowest BCUT2D eigenvalue weighted by Gasteiger charge is -2.34. The van der Waals surface area contributed by atoms with Gasteiger partial charge in [-0.05, 0) is 136 Å². The summed E-state index contributed by atoms with van der Waals surface area (Å²) in [5, 5.41) is 9.03. The number of benzene rings is 1. The van der Waals surface area contributed by atoms with Crippen LogP contribution in [0.2, 0.25) is 0 Å². The first kappa shape index (κ1) is 47.1. The highest BCUT2D eigenvalue weighted by Crippen LogP contribution is 2.27. The molecule has 4 atom stereocenters. The molecular formula is C47H69N5O7. The van der Waals surface area contributed by atoms with Crippen molar-refractivity contribution in [3.63, 3.8) is 0 Å². The van der Waals surface area contributed by atoms with Gasteiger partial charge in [-0.15, -0.1) is 0 Å². The number of carbonyl (C=O) groups excluding carboxylic acids is 6. The lowest BCUT2D eigenvalue weighted by Crippen LogP contribution is -2.55. The Kier molecular flexibility index (Phi) is 17.3. The Hall–Kier alpha value is -4.58. The van der Waals surface area contributed by atoms with Gasteiger partial charge in [0.15, 0.2) is 11.6 Å². The molecule has 1 aromatic carbocycles. The molecule has 4 rings (SSSR count). The van der Waals surface area contributed by atoms with Crippen LogP contribution in [-0.2, 0) is 35.1 Å². The summed E-state index contributed by atoms with van der Waals surface area (Å²) < 4.78 is 5.53. The second-order valence-electron chi connectivity index (χ2n) is 18.4. The number of rotatable bonds is 17. The van der Waals surface area contributed by atoms with Crippen molar-refractivity contribution in [2.24, 2.45) is 17.8 Å². The smallest absolute Gasteiger partial charge is 0.408 e. The first-order valence-electron chi connectivity index (χ1n) is 21.6. The molecule has 0 spiro atoms. The molecule has 2 fully saturated rings. The lowest BCUT2D eigenvalue weighted by atomic mass is 9.88. The third-order valence-electron chi connectivity index (χ3n) is 11.4. The van der Waals surface area contributed by atoms with Crippen LogP contribution < -0.4 is 16.0 Å². The lowest BCUT2D eigenvalue weighted by molar-refractivity contribution is -0.141. The number of likely N-dealkylation sites (tertiary alicyclic amines) is 2. The maximum absolute atomic E-state index is 14.5. The molecule has 3 N–H and O–H groups in total. The van der Waals surface area contributed by atoms with Crippen molar-refractivity contribution in [1.82, 2.24) is 25.8 Å². The van der Waals surface area contributed by atoms with Gasteiger partial charge in [0, 0.05) is 35.9 Å². The molecule has 0 aromatic heterocycles. The number of nitrogens with zero attached hydrogens (tertiary/aromatic N) is 2. The third kappa shape index (κ3) is 14.6. The molecule has 2 saturated heterocycles. The molecule has 4 amide bonds. The van der Waals surface area contributed by atoms with Crippen molar-refractivity contribution in [2.75, 3.05) is 26.2 Å². The summed E-state index contributed by atoms with van der Waals surface area (Å²) in [5.41, 5.74) is 1.91. The minimum atomic E-state index is -0.760. The van der Waals surface area contributed by atoms with Crippen LogP contribution in [0.15, 0.2) is 65.3 Å². The fourth-order valence-electron chi connectivity index (χ4n) is 8.10. The summed E-state index contributed by atoms with van der Waals surface area (Å²) in [6, 6.07) is 7.79. The van der Waals surface area contributed by atoms with Gasteiger partial charge in [0.2, 0.25) is 17.7 Å². The number of piperidine rings is 1. The van der Waals surface area contributed by atoms with E-state index in [1.165, 1.54) is 6.08 Å². The van der Waals surface area contributed by atoms with E-state index in [9.17, 15) is 28.8 Å². The zero-order valence-electron chi connectivity index (χ0n) is 36.9. The summed E-state index contributed by atoms with van der Waals surface area (Å²) in [4.78, 5) is 84.1. The van der Waals surface area contributed by atoms with Gasteiger partial charge in [0.25, 0.3) is 0 Å². The van der Waals surface area contributed by atoms with Gasteiger partial charge in [-0.3, -0.25) is 24.0 Å². The van der Waals surface area contributed by atoms with Crippen molar-refractivity contribution in [1.29, 1.82) is 0 Å². The molecule has 12 heteroatoms. The highest BCUT2D eigenvalue weighted by Gasteiger charge is 2.39. The average molecular weight is 816 g/mol. The summed E-state index contributed by atoms with van der Waals surface area (Å²) in [6.45, 7) is 19.4. The quantitative estimate of drug-likeness (QED) is 0.123. The van der Waals surface area contributed by atoms with Crippen LogP contribution in [0.3, 0.4) is 0 Å². The van der Waals surface area contributed by atoms with Gasteiger partial charge in [-0.1, -0.05) is 56.3 Å². The van der Waals surface area contributed by atoms with Crippen LogP contribution in [0, 0.1) is 17.8 Å². The fourth-order valence-corrected chi connectivity index (χ4v) is 8.10. The van der Waals surface area contributed by atoms with Crippen LogP contribution in [0.1, 0.15) is 113 Å². The van der Waals surface area contributed by atoms with Gasteiger partial charge in [0.1, 0.15) is 17.7 Å². The number of Topliss-reactive ketones (excluding diaryl/α,β-unsaturated/α-hetero) is 1. The molecule has 0 radical (unpaired) electrons. The molecular weight excluding hydrogens is 747 g/mol. The first-order chi connectivity index (χ1) is 27.8. The Balaban J connectivity index is 1.44. The first-order valence-corrected chi connectivity index (χ1v) is 21.6. The molecule has 59 heavy (non-hydrogen) atoms. The number of carbonyl (C=O) groups is 6.